The maximum absolute atomic E-state index is 13.1. The van der Waals surface area contributed by atoms with Crippen molar-refractivity contribution in [2.75, 3.05) is 46.0 Å². The van der Waals surface area contributed by atoms with E-state index in [0.717, 1.165) is 42.9 Å². The minimum Gasteiger partial charge on any atom is -0.490 e. The van der Waals surface area contributed by atoms with Gasteiger partial charge in [0.2, 0.25) is 0 Å². The first-order valence-electron chi connectivity index (χ1n) is 14.3. The molecule has 2 aromatic rings. The van der Waals surface area contributed by atoms with Gasteiger partial charge in [0.25, 0.3) is 5.91 Å². The molecule has 222 valence electrons. The Kier molecular flexibility index (Phi) is 15.1. The van der Waals surface area contributed by atoms with E-state index in [1.54, 1.807) is 24.3 Å². The molecular weight excluding hydrogens is 516 g/mol. The molecule has 0 fully saturated rings. The summed E-state index contributed by atoms with van der Waals surface area (Å²) in [5, 5.41) is 2.89. The van der Waals surface area contributed by atoms with Crippen molar-refractivity contribution in [1.82, 2.24) is 10.2 Å². The van der Waals surface area contributed by atoms with E-state index in [1.807, 2.05) is 64.1 Å². The van der Waals surface area contributed by atoms with Crippen LogP contribution in [0.1, 0.15) is 63.9 Å². The monoisotopic (exact) mass is 562 g/mol. The van der Waals surface area contributed by atoms with Crippen LogP contribution in [0.3, 0.4) is 0 Å². The molecule has 1 amide bonds. The lowest BCUT2D eigenvalue weighted by molar-refractivity contribution is -0.123. The highest BCUT2D eigenvalue weighted by Crippen LogP contribution is 2.26. The van der Waals surface area contributed by atoms with Crippen LogP contribution in [0.25, 0.3) is 6.08 Å². The third-order valence-electron chi connectivity index (χ3n) is 6.24. The van der Waals surface area contributed by atoms with E-state index in [-0.39, 0.29) is 18.3 Å². The summed E-state index contributed by atoms with van der Waals surface area (Å²) in [7, 11) is 0. The summed E-state index contributed by atoms with van der Waals surface area (Å²) in [6, 6.07) is 12.6. The fourth-order valence-corrected chi connectivity index (χ4v) is 3.73. The van der Waals surface area contributed by atoms with E-state index in [2.05, 4.69) is 24.1 Å². The highest BCUT2D eigenvalue weighted by Gasteiger charge is 2.14. The number of carbonyl (C=O) groups is 2. The SMILES string of the molecule is CCN(CC)CCCNC(=O)COc1cc(OCC=C(C)C)ccc1C(=O)/C=C/c1ccc(OCC=C(C)C)cc1. The molecule has 1 N–H and O–H groups in total. The summed E-state index contributed by atoms with van der Waals surface area (Å²) in [6.45, 7) is 16.5. The van der Waals surface area contributed by atoms with Crippen molar-refractivity contribution in [3.63, 3.8) is 0 Å². The first-order chi connectivity index (χ1) is 19.7. The number of hydrogen-bond donors (Lipinski definition) is 1. The van der Waals surface area contributed by atoms with Gasteiger partial charge in [-0.2, -0.15) is 0 Å². The molecule has 0 aromatic heterocycles. The zero-order valence-electron chi connectivity index (χ0n) is 25.5. The number of carbonyl (C=O) groups excluding carboxylic acids is 2. The quantitative estimate of drug-likeness (QED) is 0.0967. The van der Waals surface area contributed by atoms with Gasteiger partial charge in [0.05, 0.1) is 5.56 Å². The highest BCUT2D eigenvalue weighted by molar-refractivity contribution is 6.08. The number of benzene rings is 2. The molecule has 7 heteroatoms. The predicted octanol–water partition coefficient (Wildman–Crippen LogP) is 6.50. The van der Waals surface area contributed by atoms with Crippen LogP contribution in [-0.2, 0) is 4.79 Å². The molecule has 41 heavy (non-hydrogen) atoms. The van der Waals surface area contributed by atoms with E-state index in [9.17, 15) is 9.59 Å². The molecule has 0 atom stereocenters. The second-order valence-electron chi connectivity index (χ2n) is 10.1. The lowest BCUT2D eigenvalue weighted by Crippen LogP contribution is -2.32. The minimum atomic E-state index is -0.237. The third kappa shape index (κ3) is 13.4. The number of nitrogens with zero attached hydrogens (tertiary/aromatic N) is 1. The number of ketones is 1. The second-order valence-corrected chi connectivity index (χ2v) is 10.1. The smallest absolute Gasteiger partial charge is 0.257 e. The maximum atomic E-state index is 13.1. The van der Waals surface area contributed by atoms with E-state index in [4.69, 9.17) is 14.2 Å². The topological polar surface area (TPSA) is 77.1 Å². The first-order valence-corrected chi connectivity index (χ1v) is 14.3. The number of ether oxygens (including phenoxy) is 3. The van der Waals surface area contributed by atoms with Crippen LogP contribution in [0.4, 0.5) is 0 Å². The molecule has 0 bridgehead atoms. The van der Waals surface area contributed by atoms with Crippen molar-refractivity contribution in [2.24, 2.45) is 0 Å². The van der Waals surface area contributed by atoms with Crippen LogP contribution in [0.5, 0.6) is 17.2 Å². The summed E-state index contributed by atoms with van der Waals surface area (Å²) >= 11 is 0. The molecule has 7 nitrogen and oxygen atoms in total. The molecule has 0 heterocycles. The standard InChI is InChI=1S/C34H46N2O5/c1-7-36(8-2)21-9-20-35-34(38)25-41-33-24-30(40-23-19-27(5)6)15-16-31(33)32(37)17-12-28-10-13-29(14-11-28)39-22-18-26(3)4/h10-19,24H,7-9,20-23,25H2,1-6H3,(H,35,38)/b17-12+. The fraction of sp³-hybridized carbons (Fsp3) is 0.412. The predicted molar refractivity (Wildman–Crippen MR) is 167 cm³/mol. The molecule has 2 aromatic carbocycles. The Balaban J connectivity index is 2.07. The van der Waals surface area contributed by atoms with E-state index < -0.39 is 0 Å². The summed E-state index contributed by atoms with van der Waals surface area (Å²) in [6.07, 6.45) is 8.08. The largest absolute Gasteiger partial charge is 0.490 e. The van der Waals surface area contributed by atoms with Crippen LogP contribution in [0.15, 0.2) is 71.8 Å². The maximum Gasteiger partial charge on any atom is 0.257 e. The van der Waals surface area contributed by atoms with Crippen LogP contribution in [0.2, 0.25) is 0 Å². The van der Waals surface area contributed by atoms with E-state index in [0.29, 0.717) is 36.8 Å². The van der Waals surface area contributed by atoms with Gasteiger partial charge in [-0.15, -0.1) is 0 Å². The summed E-state index contributed by atoms with van der Waals surface area (Å²) in [5.74, 6) is 1.15. The lowest BCUT2D eigenvalue weighted by Gasteiger charge is -2.17. The van der Waals surface area contributed by atoms with Gasteiger partial charge in [-0.3, -0.25) is 9.59 Å². The molecule has 2 rings (SSSR count). The van der Waals surface area contributed by atoms with Crippen LogP contribution in [0, 0.1) is 0 Å². The minimum absolute atomic E-state index is 0.194. The van der Waals surface area contributed by atoms with E-state index >= 15 is 0 Å². The van der Waals surface area contributed by atoms with Gasteiger partial charge in [-0.05, 0) is 102 Å². The molecule has 0 aliphatic rings. The Hall–Kier alpha value is -3.84. The number of nitrogens with one attached hydrogen (secondary N) is 1. The molecule has 0 unspecified atom stereocenters. The normalized spacial score (nSPS) is 10.8. The Morgan fingerprint density at radius 1 is 0.829 bits per heavy atom. The van der Waals surface area contributed by atoms with Gasteiger partial charge in [0, 0.05) is 12.6 Å². The van der Waals surface area contributed by atoms with Crippen LogP contribution < -0.4 is 19.5 Å². The van der Waals surface area contributed by atoms with Gasteiger partial charge < -0.3 is 24.4 Å². The average Bonchev–Trinajstić information content (AvgIpc) is 2.95. The molecule has 0 aliphatic carbocycles. The Bertz CT molecular complexity index is 1190. The van der Waals surface area contributed by atoms with Gasteiger partial charge >= 0.3 is 0 Å². The van der Waals surface area contributed by atoms with Crippen molar-refractivity contribution >= 4 is 17.8 Å². The average molecular weight is 563 g/mol. The van der Waals surface area contributed by atoms with Crippen molar-refractivity contribution in [3.05, 3.63) is 83.0 Å². The van der Waals surface area contributed by atoms with Gasteiger partial charge in [-0.25, -0.2) is 0 Å². The van der Waals surface area contributed by atoms with Crippen molar-refractivity contribution in [2.45, 2.75) is 48.0 Å². The van der Waals surface area contributed by atoms with Crippen molar-refractivity contribution < 1.29 is 23.8 Å². The van der Waals surface area contributed by atoms with Crippen LogP contribution >= 0.6 is 0 Å². The molecular formula is C34H46N2O5. The Morgan fingerprint density at radius 2 is 1.44 bits per heavy atom. The number of rotatable bonds is 18. The lowest BCUT2D eigenvalue weighted by atomic mass is 10.1. The third-order valence-corrected chi connectivity index (χ3v) is 6.24. The molecule has 0 aliphatic heterocycles. The second kappa shape index (κ2) is 18.5. The summed E-state index contributed by atoms with van der Waals surface area (Å²) in [4.78, 5) is 27.9. The number of hydrogen-bond acceptors (Lipinski definition) is 6. The van der Waals surface area contributed by atoms with Gasteiger partial charge in [0.1, 0.15) is 30.5 Å². The molecule has 0 radical (unpaired) electrons. The molecule has 0 saturated heterocycles. The van der Waals surface area contributed by atoms with Crippen LogP contribution in [-0.4, -0.2) is 62.6 Å². The number of allylic oxidation sites excluding steroid dienone is 3. The zero-order valence-corrected chi connectivity index (χ0v) is 25.5. The Morgan fingerprint density at radius 3 is 2.05 bits per heavy atom. The van der Waals surface area contributed by atoms with E-state index in [1.165, 1.54) is 11.6 Å². The molecule has 0 spiro atoms. The zero-order chi connectivity index (χ0) is 30.0. The number of amides is 1. The fourth-order valence-electron chi connectivity index (χ4n) is 3.73. The highest BCUT2D eigenvalue weighted by atomic mass is 16.5. The first kappa shape index (κ1) is 33.4. The summed E-state index contributed by atoms with van der Waals surface area (Å²) < 4.78 is 17.3. The summed E-state index contributed by atoms with van der Waals surface area (Å²) in [5.41, 5.74) is 3.56. The van der Waals surface area contributed by atoms with Gasteiger partial charge in [0.15, 0.2) is 12.4 Å². The van der Waals surface area contributed by atoms with Crippen molar-refractivity contribution in [3.8, 4) is 17.2 Å². The van der Waals surface area contributed by atoms with Crippen molar-refractivity contribution in [1.29, 1.82) is 0 Å². The molecule has 0 saturated carbocycles. The Labute approximate surface area is 245 Å². The van der Waals surface area contributed by atoms with Gasteiger partial charge in [-0.1, -0.05) is 43.2 Å².